The van der Waals surface area contributed by atoms with Crippen LogP contribution in [0.2, 0.25) is 0 Å². The van der Waals surface area contributed by atoms with Gasteiger partial charge in [-0.25, -0.2) is 13.2 Å². The Morgan fingerprint density at radius 2 is 1.37 bits per heavy atom. The van der Waals surface area contributed by atoms with E-state index in [2.05, 4.69) is 12.2 Å². The Kier molecular flexibility index (Phi) is 9.27. The average Bonchev–Trinajstić information content (AvgIpc) is 2.76. The van der Waals surface area contributed by atoms with E-state index in [4.69, 9.17) is 0 Å². The summed E-state index contributed by atoms with van der Waals surface area (Å²) in [5.41, 5.74) is 0.246. The molecule has 2 fully saturated rings. The predicted molar refractivity (Wildman–Crippen MR) is 115 cm³/mol. The largest absolute Gasteiger partial charge is 0.251 e. The van der Waals surface area contributed by atoms with E-state index in [0.717, 1.165) is 43.9 Å². The zero-order valence-corrected chi connectivity index (χ0v) is 18.0. The van der Waals surface area contributed by atoms with E-state index < -0.39 is 23.9 Å². The second kappa shape index (κ2) is 11.9. The molecule has 3 rings (SSSR count). The predicted octanol–water partition coefficient (Wildman–Crippen LogP) is 8.60. The minimum Gasteiger partial charge on any atom is -0.251 e. The number of alkyl halides is 2. The fourth-order valence-electron chi connectivity index (χ4n) is 5.39. The standard InChI is InChI=1S/C26H36F4/c27-15-3-1-2-4-19-5-7-20(8-6-19)9-10-21-11-13-22(14-12-21)23-16-25(29)24(18-28)26(30)17-23/h2,4,16-17,19-22H,1,3,5-15,18H2/t19-,20-,21-,22-. The van der Waals surface area contributed by atoms with Gasteiger partial charge in [-0.1, -0.05) is 25.0 Å². The molecule has 168 valence electrons. The van der Waals surface area contributed by atoms with Gasteiger partial charge in [0.1, 0.15) is 18.3 Å². The van der Waals surface area contributed by atoms with E-state index in [0.29, 0.717) is 17.9 Å². The third-order valence-corrected chi connectivity index (χ3v) is 7.40. The van der Waals surface area contributed by atoms with Crippen LogP contribution in [0.15, 0.2) is 24.3 Å². The lowest BCUT2D eigenvalue weighted by molar-refractivity contribution is 0.246. The van der Waals surface area contributed by atoms with Gasteiger partial charge in [0.25, 0.3) is 0 Å². The fraction of sp³-hybridized carbons (Fsp3) is 0.692. The second-order valence-corrected chi connectivity index (χ2v) is 9.43. The van der Waals surface area contributed by atoms with Gasteiger partial charge in [0.2, 0.25) is 0 Å². The molecule has 0 heterocycles. The molecule has 30 heavy (non-hydrogen) atoms. The van der Waals surface area contributed by atoms with Crippen LogP contribution < -0.4 is 0 Å². The molecule has 0 atom stereocenters. The van der Waals surface area contributed by atoms with Gasteiger partial charge in [-0.2, -0.15) is 0 Å². The summed E-state index contributed by atoms with van der Waals surface area (Å²) < 4.78 is 52.7. The highest BCUT2D eigenvalue weighted by Gasteiger charge is 2.26. The first-order valence-electron chi connectivity index (χ1n) is 11.9. The van der Waals surface area contributed by atoms with Crippen molar-refractivity contribution in [2.45, 2.75) is 89.6 Å². The molecule has 0 bridgehead atoms. The van der Waals surface area contributed by atoms with E-state index in [1.54, 1.807) is 0 Å². The smallest absolute Gasteiger partial charge is 0.132 e. The van der Waals surface area contributed by atoms with Gasteiger partial charge < -0.3 is 0 Å². The molecule has 2 aliphatic rings. The van der Waals surface area contributed by atoms with Gasteiger partial charge >= 0.3 is 0 Å². The molecule has 1 aromatic rings. The Labute approximate surface area is 179 Å². The summed E-state index contributed by atoms with van der Waals surface area (Å²) in [5.74, 6) is 0.929. The Hall–Kier alpha value is -1.32. The second-order valence-electron chi connectivity index (χ2n) is 9.43. The van der Waals surface area contributed by atoms with Crippen LogP contribution in [-0.4, -0.2) is 6.67 Å². The highest BCUT2D eigenvalue weighted by Crippen LogP contribution is 2.40. The van der Waals surface area contributed by atoms with Crippen LogP contribution in [0.3, 0.4) is 0 Å². The Morgan fingerprint density at radius 3 is 1.90 bits per heavy atom. The van der Waals surface area contributed by atoms with Crippen molar-refractivity contribution in [2.75, 3.05) is 6.67 Å². The molecular formula is C26H36F4. The highest BCUT2D eigenvalue weighted by molar-refractivity contribution is 5.28. The van der Waals surface area contributed by atoms with E-state index in [-0.39, 0.29) is 12.6 Å². The number of unbranched alkanes of at least 4 members (excludes halogenated alkanes) is 1. The molecule has 0 saturated heterocycles. The average molecular weight is 425 g/mol. The van der Waals surface area contributed by atoms with E-state index in [9.17, 15) is 17.6 Å². The van der Waals surface area contributed by atoms with E-state index >= 15 is 0 Å². The Balaban J connectivity index is 1.36. The normalized spacial score (nSPS) is 27.6. The highest BCUT2D eigenvalue weighted by atomic mass is 19.1. The third-order valence-electron chi connectivity index (χ3n) is 7.40. The Morgan fingerprint density at radius 1 is 0.800 bits per heavy atom. The quantitative estimate of drug-likeness (QED) is 0.211. The van der Waals surface area contributed by atoms with Crippen molar-refractivity contribution in [2.24, 2.45) is 17.8 Å². The lowest BCUT2D eigenvalue weighted by atomic mass is 9.74. The lowest BCUT2D eigenvalue weighted by Crippen LogP contribution is -2.17. The minimum atomic E-state index is -1.10. The van der Waals surface area contributed by atoms with Crippen molar-refractivity contribution < 1.29 is 17.6 Å². The number of allylic oxidation sites excluding steroid dienone is 2. The van der Waals surface area contributed by atoms with Crippen molar-refractivity contribution in [3.63, 3.8) is 0 Å². The van der Waals surface area contributed by atoms with Gasteiger partial charge in [-0.15, -0.1) is 0 Å². The summed E-state index contributed by atoms with van der Waals surface area (Å²) in [5, 5.41) is 0. The minimum absolute atomic E-state index is 0.193. The first kappa shape index (κ1) is 23.3. The zero-order chi connectivity index (χ0) is 21.3. The number of rotatable bonds is 9. The van der Waals surface area contributed by atoms with Gasteiger partial charge in [-0.3, -0.25) is 4.39 Å². The summed E-state index contributed by atoms with van der Waals surface area (Å²) in [6.07, 6.45) is 17.8. The molecule has 4 heteroatoms. The topological polar surface area (TPSA) is 0 Å². The summed E-state index contributed by atoms with van der Waals surface area (Å²) >= 11 is 0. The zero-order valence-electron chi connectivity index (χ0n) is 18.0. The molecule has 0 N–H and O–H groups in total. The Bertz CT molecular complexity index is 645. The van der Waals surface area contributed by atoms with Crippen LogP contribution in [0.4, 0.5) is 17.6 Å². The summed E-state index contributed by atoms with van der Waals surface area (Å²) in [7, 11) is 0. The molecule has 0 unspecified atom stereocenters. The van der Waals surface area contributed by atoms with Crippen molar-refractivity contribution >= 4 is 0 Å². The molecule has 0 nitrogen and oxygen atoms in total. The first-order valence-corrected chi connectivity index (χ1v) is 11.9. The van der Waals surface area contributed by atoms with E-state index in [1.165, 1.54) is 50.7 Å². The van der Waals surface area contributed by atoms with Crippen molar-refractivity contribution in [3.8, 4) is 0 Å². The van der Waals surface area contributed by atoms with Crippen LogP contribution in [-0.2, 0) is 6.67 Å². The maximum atomic E-state index is 13.9. The SMILES string of the molecule is FCCCC=C[C@H]1CC[C@H](CC[C@H]2CC[C@H](c3cc(F)c(CF)c(F)c3)CC2)CC1. The maximum absolute atomic E-state index is 13.9. The molecule has 0 radical (unpaired) electrons. The number of hydrogen-bond acceptors (Lipinski definition) is 0. The summed E-state index contributed by atoms with van der Waals surface area (Å²) in [6.45, 7) is -1.32. The third kappa shape index (κ3) is 6.59. The van der Waals surface area contributed by atoms with Crippen LogP contribution in [0.1, 0.15) is 94.1 Å². The lowest BCUT2D eigenvalue weighted by Gasteiger charge is -2.31. The molecule has 1 aromatic carbocycles. The van der Waals surface area contributed by atoms with Crippen LogP contribution >= 0.6 is 0 Å². The summed E-state index contributed by atoms with van der Waals surface area (Å²) in [4.78, 5) is 0. The van der Waals surface area contributed by atoms with Crippen LogP contribution in [0, 0.1) is 29.4 Å². The molecule has 2 aliphatic carbocycles. The molecule has 0 amide bonds. The maximum Gasteiger partial charge on any atom is 0.132 e. The van der Waals surface area contributed by atoms with Gasteiger partial charge in [0, 0.05) is 0 Å². The van der Waals surface area contributed by atoms with E-state index in [1.807, 2.05) is 0 Å². The number of halogens is 4. The fourth-order valence-corrected chi connectivity index (χ4v) is 5.39. The monoisotopic (exact) mass is 424 g/mol. The van der Waals surface area contributed by atoms with Crippen molar-refractivity contribution in [1.82, 2.24) is 0 Å². The molecule has 2 saturated carbocycles. The molecular weight excluding hydrogens is 388 g/mol. The van der Waals surface area contributed by atoms with Crippen LogP contribution in [0.25, 0.3) is 0 Å². The van der Waals surface area contributed by atoms with Gasteiger partial charge in [0.15, 0.2) is 0 Å². The van der Waals surface area contributed by atoms with Crippen molar-refractivity contribution in [3.05, 3.63) is 47.0 Å². The first-order chi connectivity index (χ1) is 14.6. The molecule has 0 spiro atoms. The molecule has 0 aliphatic heterocycles. The van der Waals surface area contributed by atoms with Gasteiger partial charge in [-0.05, 0) is 106 Å². The van der Waals surface area contributed by atoms with Crippen LogP contribution in [0.5, 0.6) is 0 Å². The number of hydrogen-bond donors (Lipinski definition) is 0. The molecule has 0 aromatic heterocycles. The van der Waals surface area contributed by atoms with Crippen molar-refractivity contribution in [1.29, 1.82) is 0 Å². The number of benzene rings is 1. The van der Waals surface area contributed by atoms with Gasteiger partial charge in [0.05, 0.1) is 12.2 Å². The summed E-state index contributed by atoms with van der Waals surface area (Å²) in [6, 6.07) is 2.68.